The van der Waals surface area contributed by atoms with Crippen LogP contribution in [0.4, 0.5) is 5.69 Å². The Kier molecular flexibility index (Phi) is 10.1. The van der Waals surface area contributed by atoms with E-state index < -0.39 is 16.0 Å². The number of ether oxygens (including phenoxy) is 1. The van der Waals surface area contributed by atoms with Gasteiger partial charge in [-0.3, -0.25) is 0 Å². The lowest BCUT2D eigenvalue weighted by Gasteiger charge is -2.46. The van der Waals surface area contributed by atoms with Crippen molar-refractivity contribution >= 4 is 27.7 Å². The zero-order chi connectivity index (χ0) is 40.0. The molecule has 9 heteroatoms. The Balaban J connectivity index is 0.000000859. The van der Waals surface area contributed by atoms with Gasteiger partial charge in [0.1, 0.15) is 5.75 Å². The van der Waals surface area contributed by atoms with Gasteiger partial charge in [-0.25, -0.2) is 18.6 Å². The molecule has 0 aliphatic carbocycles. The van der Waals surface area contributed by atoms with Crippen molar-refractivity contribution in [2.24, 2.45) is 0 Å². The summed E-state index contributed by atoms with van der Waals surface area (Å²) in [6.45, 7) is 4.59. The molecule has 1 atom stereocenters. The lowest BCUT2D eigenvalue weighted by molar-refractivity contribution is -2.00. The Bertz CT molecular complexity index is 2530. The Morgan fingerprint density at radius 1 is 0.596 bits per heavy atom. The Labute approximate surface area is 342 Å². The molecule has 7 nitrogen and oxygen atoms in total. The van der Waals surface area contributed by atoms with Crippen LogP contribution in [0, 0.1) is 10.2 Å². The van der Waals surface area contributed by atoms with Crippen molar-refractivity contribution in [1.29, 1.82) is 0 Å². The van der Waals surface area contributed by atoms with Crippen molar-refractivity contribution in [3.05, 3.63) is 185 Å². The van der Waals surface area contributed by atoms with Crippen LogP contribution in [0.25, 0.3) is 56.5 Å². The highest BCUT2D eigenvalue weighted by Gasteiger charge is 2.57. The third-order valence-electron chi connectivity index (χ3n) is 10.9. The van der Waals surface area contributed by atoms with Gasteiger partial charge in [0, 0.05) is 63.7 Å². The van der Waals surface area contributed by atoms with Crippen LogP contribution < -0.4 is 32.8 Å². The molecule has 1 unspecified atom stereocenters. The normalized spacial score (nSPS) is 16.3. The van der Waals surface area contributed by atoms with Gasteiger partial charge < -0.3 is 9.64 Å². The Morgan fingerprint density at radius 2 is 1.11 bits per heavy atom. The van der Waals surface area contributed by atoms with E-state index >= 15 is 0 Å². The summed E-state index contributed by atoms with van der Waals surface area (Å²) >= 11 is 3.63. The molecule has 7 aromatic rings. The van der Waals surface area contributed by atoms with E-state index in [9.17, 15) is 0 Å². The molecule has 2 aliphatic rings. The monoisotopic (exact) mass is 836 g/mol. The molecule has 57 heavy (non-hydrogen) atoms. The largest absolute Gasteiger partial charge is 0.462 e. The summed E-state index contributed by atoms with van der Waals surface area (Å²) < 4.78 is 44.9. The molecule has 6 aromatic carbocycles. The van der Waals surface area contributed by atoms with Gasteiger partial charge in [0.15, 0.2) is 0 Å². The highest BCUT2D eigenvalue weighted by Crippen LogP contribution is 2.55. The minimum atomic E-state index is -4.94. The number of para-hydroxylation sites is 1. The van der Waals surface area contributed by atoms with E-state index in [-0.39, 0.29) is 5.41 Å². The van der Waals surface area contributed by atoms with Gasteiger partial charge in [-0.15, -0.1) is 10.2 Å². The van der Waals surface area contributed by atoms with Gasteiger partial charge in [0.05, 0.1) is 5.41 Å². The Hall–Kier alpha value is -5.58. The highest BCUT2D eigenvalue weighted by atomic mass is 79.9. The van der Waals surface area contributed by atoms with Crippen LogP contribution in [0.5, 0.6) is 5.75 Å². The van der Waals surface area contributed by atoms with Crippen molar-refractivity contribution < 1.29 is 38.2 Å². The number of anilines is 1. The minimum absolute atomic E-state index is 0.308. The first kappa shape index (κ1) is 38.3. The molecule has 0 amide bonds. The van der Waals surface area contributed by atoms with Crippen LogP contribution in [-0.2, 0) is 5.41 Å². The molecule has 9 rings (SSSR count). The molecule has 284 valence electrons. The topological polar surface area (TPSA) is 109 Å². The molecule has 0 saturated carbocycles. The molecule has 0 saturated heterocycles. The summed E-state index contributed by atoms with van der Waals surface area (Å²) in [5.74, 6) is 0.889. The van der Waals surface area contributed by atoms with Crippen molar-refractivity contribution in [1.82, 2.24) is 0 Å². The van der Waals surface area contributed by atoms with Crippen LogP contribution >= 0.6 is 15.9 Å². The standard InChI is InChI=1S/C48H38BrN2O.ClHO4/c1-47(2)42-21-13-14-22-43(42)50(3)48(47)28-27-37-29-40(32-41(46(37)52-48)34-15-7-4-8-16-34)51-44(35-17-9-5-10-18-35)30-38(33-23-25-39(49)26-24-33)31-45(51)36-19-11-6-12-20-36;2-1(3,4)5/h4-32H,1-3H3;(H,2,3,4,5)/q+1;/p-1. The summed E-state index contributed by atoms with van der Waals surface area (Å²) in [5, 5.41) is 0. The average molecular weight is 838 g/mol. The van der Waals surface area contributed by atoms with Crippen molar-refractivity contribution in [3.8, 4) is 56.2 Å². The number of fused-ring (bicyclic) bond motifs is 2. The van der Waals surface area contributed by atoms with Crippen LogP contribution in [-0.4, -0.2) is 12.8 Å². The molecule has 0 fully saturated rings. The first-order chi connectivity index (χ1) is 27.3. The number of hydrogen-bond acceptors (Lipinski definition) is 6. The SMILES string of the molecule is CN1c2ccccc2C(C)(C)C12C=Cc1cc(-[n+]3c(-c4ccccc4)cc(-c4ccc(Br)cc4)cc3-c3ccccc3)cc(-c3ccccc3)c1O2.[O-][Cl+3]([O-])([O-])[O-]. The molecule has 0 radical (unpaired) electrons. The number of nitrogens with zero attached hydrogens (tertiary/aromatic N) is 2. The van der Waals surface area contributed by atoms with E-state index in [4.69, 9.17) is 23.4 Å². The zero-order valence-corrected chi connectivity index (χ0v) is 33.8. The summed E-state index contributed by atoms with van der Waals surface area (Å²) in [6.07, 6.45) is 4.55. The zero-order valence-electron chi connectivity index (χ0n) is 31.4. The molecule has 0 bridgehead atoms. The number of benzene rings is 6. The lowest BCUT2D eigenvalue weighted by atomic mass is 9.76. The maximum absolute atomic E-state index is 8.49. The number of rotatable bonds is 5. The quantitative estimate of drug-likeness (QED) is 0.170. The minimum Gasteiger partial charge on any atom is -0.462 e. The summed E-state index contributed by atoms with van der Waals surface area (Å²) in [5.41, 5.74) is 12.5. The van der Waals surface area contributed by atoms with E-state index in [2.05, 4.69) is 222 Å². The predicted octanol–water partition coefficient (Wildman–Crippen LogP) is 7.17. The first-order valence-electron chi connectivity index (χ1n) is 18.4. The molecule has 2 aliphatic heterocycles. The van der Waals surface area contributed by atoms with Gasteiger partial charge in [0.25, 0.3) is 0 Å². The van der Waals surface area contributed by atoms with Crippen molar-refractivity contribution in [2.45, 2.75) is 25.0 Å². The molecule has 1 spiro atoms. The average Bonchev–Trinajstić information content (AvgIpc) is 3.38. The molecule has 0 N–H and O–H groups in total. The number of aromatic nitrogens is 1. The van der Waals surface area contributed by atoms with E-state index in [0.717, 1.165) is 66.2 Å². The number of hydrogen-bond donors (Lipinski definition) is 0. The maximum Gasteiger partial charge on any atom is 0.219 e. The molecule has 3 heterocycles. The fraction of sp³-hybridized carbons (Fsp3) is 0.104. The summed E-state index contributed by atoms with van der Waals surface area (Å²) in [6, 6.07) is 58.6. The second-order valence-electron chi connectivity index (χ2n) is 14.6. The van der Waals surface area contributed by atoms with Gasteiger partial charge in [-0.2, -0.15) is 4.57 Å². The van der Waals surface area contributed by atoms with Gasteiger partial charge in [-0.1, -0.05) is 113 Å². The van der Waals surface area contributed by atoms with Gasteiger partial charge in [0.2, 0.25) is 22.8 Å². The first-order valence-corrected chi connectivity index (χ1v) is 20.4. The highest BCUT2D eigenvalue weighted by molar-refractivity contribution is 9.10. The third kappa shape index (κ3) is 7.28. The van der Waals surface area contributed by atoms with E-state index in [1.54, 1.807) is 0 Å². The maximum atomic E-state index is 8.49. The second-order valence-corrected chi connectivity index (χ2v) is 16.2. The smallest absolute Gasteiger partial charge is 0.219 e. The summed E-state index contributed by atoms with van der Waals surface area (Å²) in [4.78, 5) is 2.31. The Morgan fingerprint density at radius 3 is 1.65 bits per heavy atom. The lowest BCUT2D eigenvalue weighted by Crippen LogP contribution is -2.68. The fourth-order valence-electron chi connectivity index (χ4n) is 8.15. The van der Waals surface area contributed by atoms with E-state index in [1.807, 2.05) is 0 Å². The van der Waals surface area contributed by atoms with Crippen LogP contribution in [0.1, 0.15) is 25.0 Å². The van der Waals surface area contributed by atoms with E-state index in [1.165, 1.54) is 11.3 Å². The van der Waals surface area contributed by atoms with Crippen LogP contribution in [0.15, 0.2) is 174 Å². The number of pyridine rings is 1. The van der Waals surface area contributed by atoms with E-state index in [0.29, 0.717) is 0 Å². The van der Waals surface area contributed by atoms with Crippen LogP contribution in [0.3, 0.4) is 0 Å². The van der Waals surface area contributed by atoms with Crippen molar-refractivity contribution in [2.75, 3.05) is 11.9 Å². The number of halogens is 2. The second kappa shape index (κ2) is 15.1. The number of likely N-dealkylation sites (N-methyl/N-ethyl adjacent to an activating group) is 1. The van der Waals surface area contributed by atoms with Crippen LogP contribution in [0.2, 0.25) is 0 Å². The molecule has 1 aromatic heterocycles. The molecular weight excluding hydrogens is 800 g/mol. The molecular formula is C48H38BrClN2O5. The summed E-state index contributed by atoms with van der Waals surface area (Å²) in [7, 11) is -2.79. The predicted molar refractivity (Wildman–Crippen MR) is 218 cm³/mol. The third-order valence-corrected chi connectivity index (χ3v) is 11.4. The fourth-order valence-corrected chi connectivity index (χ4v) is 8.42. The van der Waals surface area contributed by atoms with Gasteiger partial charge >= 0.3 is 0 Å². The van der Waals surface area contributed by atoms with Gasteiger partial charge in [-0.05, 0) is 90.7 Å². The van der Waals surface area contributed by atoms with Crippen molar-refractivity contribution in [3.63, 3.8) is 0 Å².